The van der Waals surface area contributed by atoms with Gasteiger partial charge in [0.2, 0.25) is 10.0 Å². The molecule has 1 aromatic rings. The van der Waals surface area contributed by atoms with Gasteiger partial charge in [-0.2, -0.15) is 0 Å². The minimum atomic E-state index is -3.47. The number of nitrogens with one attached hydrogen (secondary N) is 1. The van der Waals surface area contributed by atoms with Gasteiger partial charge in [0.1, 0.15) is 0 Å². The van der Waals surface area contributed by atoms with Crippen molar-refractivity contribution >= 4 is 10.0 Å². The summed E-state index contributed by atoms with van der Waals surface area (Å²) in [5.74, 6) is 2.72. The standard InChI is InChI=1S/C15H19NO2S/c1-3-13-6-4-5-7-15(13)16-19(17,18)14-10-8-12(2)9-11-14/h1,8-11,13,15-16H,4-7H2,2H3. The number of hydrogen-bond acceptors (Lipinski definition) is 2. The third-order valence-electron chi connectivity index (χ3n) is 3.62. The Morgan fingerprint density at radius 3 is 2.47 bits per heavy atom. The number of hydrogen-bond donors (Lipinski definition) is 1. The van der Waals surface area contributed by atoms with Crippen molar-refractivity contribution in [3.05, 3.63) is 29.8 Å². The van der Waals surface area contributed by atoms with Crippen molar-refractivity contribution in [3.8, 4) is 12.3 Å². The Balaban J connectivity index is 2.17. The monoisotopic (exact) mass is 277 g/mol. The van der Waals surface area contributed by atoms with Gasteiger partial charge in [-0.3, -0.25) is 0 Å². The van der Waals surface area contributed by atoms with Crippen molar-refractivity contribution < 1.29 is 8.42 Å². The van der Waals surface area contributed by atoms with Crippen LogP contribution < -0.4 is 4.72 Å². The van der Waals surface area contributed by atoms with Crippen LogP contribution >= 0.6 is 0 Å². The summed E-state index contributed by atoms with van der Waals surface area (Å²) in [5, 5.41) is 0. The van der Waals surface area contributed by atoms with Gasteiger partial charge in [0.15, 0.2) is 0 Å². The molecule has 0 heterocycles. The molecule has 0 aromatic heterocycles. The smallest absolute Gasteiger partial charge is 0.207 e. The normalized spacial score (nSPS) is 23.8. The maximum Gasteiger partial charge on any atom is 0.240 e. The molecule has 0 radical (unpaired) electrons. The lowest BCUT2D eigenvalue weighted by Crippen LogP contribution is -2.41. The minimum Gasteiger partial charge on any atom is -0.207 e. The molecule has 3 nitrogen and oxygen atoms in total. The molecule has 2 atom stereocenters. The highest BCUT2D eigenvalue weighted by atomic mass is 32.2. The van der Waals surface area contributed by atoms with Gasteiger partial charge in [0, 0.05) is 12.0 Å². The quantitative estimate of drug-likeness (QED) is 0.863. The van der Waals surface area contributed by atoms with Gasteiger partial charge in [-0.15, -0.1) is 12.3 Å². The molecule has 19 heavy (non-hydrogen) atoms. The largest absolute Gasteiger partial charge is 0.240 e. The van der Waals surface area contributed by atoms with E-state index in [0.29, 0.717) is 4.90 Å². The molecule has 1 aliphatic rings. The number of terminal acetylenes is 1. The van der Waals surface area contributed by atoms with E-state index < -0.39 is 10.0 Å². The molecule has 4 heteroatoms. The van der Waals surface area contributed by atoms with Crippen molar-refractivity contribution in [2.24, 2.45) is 5.92 Å². The van der Waals surface area contributed by atoms with Gasteiger partial charge in [-0.05, 0) is 31.9 Å². The maximum absolute atomic E-state index is 12.3. The number of aryl methyl sites for hydroxylation is 1. The van der Waals surface area contributed by atoms with E-state index in [2.05, 4.69) is 10.6 Å². The predicted octanol–water partition coefficient (Wildman–Crippen LogP) is 2.47. The first kappa shape index (κ1) is 14.1. The maximum atomic E-state index is 12.3. The second-order valence-corrected chi connectivity index (χ2v) is 6.81. The van der Waals surface area contributed by atoms with Gasteiger partial charge in [-0.1, -0.05) is 30.5 Å². The summed E-state index contributed by atoms with van der Waals surface area (Å²) in [6, 6.07) is 6.73. The van der Waals surface area contributed by atoms with Crippen LogP contribution in [0.5, 0.6) is 0 Å². The molecule has 0 amide bonds. The van der Waals surface area contributed by atoms with Crippen LogP contribution in [0.3, 0.4) is 0 Å². The first-order valence-electron chi connectivity index (χ1n) is 6.58. The van der Waals surface area contributed by atoms with Crippen LogP contribution in [-0.4, -0.2) is 14.5 Å². The molecule has 102 valence electrons. The van der Waals surface area contributed by atoms with E-state index in [9.17, 15) is 8.42 Å². The molecule has 2 unspecified atom stereocenters. The van der Waals surface area contributed by atoms with Crippen LogP contribution in [0.2, 0.25) is 0 Å². The van der Waals surface area contributed by atoms with Crippen LogP contribution in [-0.2, 0) is 10.0 Å². The second kappa shape index (κ2) is 5.77. The first-order valence-corrected chi connectivity index (χ1v) is 8.06. The Morgan fingerprint density at radius 1 is 1.21 bits per heavy atom. The third kappa shape index (κ3) is 3.37. The average molecular weight is 277 g/mol. The van der Waals surface area contributed by atoms with Crippen LogP contribution in [0.25, 0.3) is 0 Å². The minimum absolute atomic E-state index is 0.00831. The van der Waals surface area contributed by atoms with Gasteiger partial charge in [0.25, 0.3) is 0 Å². The van der Waals surface area contributed by atoms with Gasteiger partial charge < -0.3 is 0 Å². The first-order chi connectivity index (χ1) is 9.03. The lowest BCUT2D eigenvalue weighted by atomic mass is 9.86. The second-order valence-electron chi connectivity index (χ2n) is 5.10. The molecule has 1 aliphatic carbocycles. The lowest BCUT2D eigenvalue weighted by molar-refractivity contribution is 0.348. The van der Waals surface area contributed by atoms with E-state index in [-0.39, 0.29) is 12.0 Å². The predicted molar refractivity (Wildman–Crippen MR) is 76.1 cm³/mol. The molecule has 0 saturated heterocycles. The Bertz CT molecular complexity index is 569. The van der Waals surface area contributed by atoms with Gasteiger partial charge in [0.05, 0.1) is 4.90 Å². The molecule has 0 spiro atoms. The van der Waals surface area contributed by atoms with E-state index in [1.165, 1.54) is 0 Å². The fourth-order valence-corrected chi connectivity index (χ4v) is 3.77. The zero-order valence-electron chi connectivity index (χ0n) is 11.1. The molecule has 1 aromatic carbocycles. The van der Waals surface area contributed by atoms with Crippen LogP contribution in [0.1, 0.15) is 31.2 Å². The molecular weight excluding hydrogens is 258 g/mol. The molecule has 0 bridgehead atoms. The van der Waals surface area contributed by atoms with Crippen molar-refractivity contribution in [2.75, 3.05) is 0 Å². The molecule has 1 N–H and O–H groups in total. The Hall–Kier alpha value is -1.31. The van der Waals surface area contributed by atoms with E-state index in [1.807, 2.05) is 6.92 Å². The molecular formula is C15H19NO2S. The molecule has 1 fully saturated rings. The van der Waals surface area contributed by atoms with Crippen molar-refractivity contribution in [2.45, 2.75) is 43.5 Å². The van der Waals surface area contributed by atoms with Crippen LogP contribution in [0, 0.1) is 25.2 Å². The number of sulfonamides is 1. The lowest BCUT2D eigenvalue weighted by Gasteiger charge is -2.28. The summed E-state index contributed by atoms with van der Waals surface area (Å²) in [6.07, 6.45) is 9.31. The van der Waals surface area contributed by atoms with Gasteiger partial charge >= 0.3 is 0 Å². The zero-order valence-corrected chi connectivity index (χ0v) is 11.9. The average Bonchev–Trinajstić information content (AvgIpc) is 2.39. The SMILES string of the molecule is C#CC1CCCCC1NS(=O)(=O)c1ccc(C)cc1. The highest BCUT2D eigenvalue weighted by molar-refractivity contribution is 7.89. The fourth-order valence-electron chi connectivity index (χ4n) is 2.46. The summed E-state index contributed by atoms with van der Waals surface area (Å²) in [6.45, 7) is 1.93. The summed E-state index contributed by atoms with van der Waals surface area (Å²) >= 11 is 0. The van der Waals surface area contributed by atoms with Gasteiger partial charge in [-0.25, -0.2) is 13.1 Å². The molecule has 0 aliphatic heterocycles. The van der Waals surface area contributed by atoms with E-state index in [1.54, 1.807) is 24.3 Å². The van der Waals surface area contributed by atoms with Crippen molar-refractivity contribution in [1.29, 1.82) is 0 Å². The Labute approximate surface area is 115 Å². The topological polar surface area (TPSA) is 46.2 Å². The fraction of sp³-hybridized carbons (Fsp3) is 0.467. The highest BCUT2D eigenvalue weighted by Crippen LogP contribution is 2.25. The van der Waals surface area contributed by atoms with Crippen molar-refractivity contribution in [1.82, 2.24) is 4.72 Å². The number of rotatable bonds is 3. The summed E-state index contributed by atoms with van der Waals surface area (Å²) in [5.41, 5.74) is 1.04. The summed E-state index contributed by atoms with van der Waals surface area (Å²) in [4.78, 5) is 0.305. The zero-order chi connectivity index (χ0) is 13.9. The Morgan fingerprint density at radius 2 is 1.84 bits per heavy atom. The molecule has 1 saturated carbocycles. The van der Waals surface area contributed by atoms with Crippen LogP contribution in [0.15, 0.2) is 29.2 Å². The highest BCUT2D eigenvalue weighted by Gasteiger charge is 2.28. The summed E-state index contributed by atoms with van der Waals surface area (Å²) in [7, 11) is -3.47. The van der Waals surface area contributed by atoms with Crippen LogP contribution in [0.4, 0.5) is 0 Å². The van der Waals surface area contributed by atoms with E-state index in [4.69, 9.17) is 6.42 Å². The van der Waals surface area contributed by atoms with E-state index >= 15 is 0 Å². The molecule has 2 rings (SSSR count). The number of benzene rings is 1. The summed E-state index contributed by atoms with van der Waals surface area (Å²) < 4.78 is 27.3. The van der Waals surface area contributed by atoms with E-state index in [0.717, 1.165) is 31.2 Å². The van der Waals surface area contributed by atoms with Crippen molar-refractivity contribution in [3.63, 3.8) is 0 Å². The third-order valence-corrected chi connectivity index (χ3v) is 5.12. The Kier molecular flexibility index (Phi) is 4.28.